The van der Waals surface area contributed by atoms with Crippen LogP contribution in [0.5, 0.6) is 0 Å². The van der Waals surface area contributed by atoms with Crippen LogP contribution in [0.1, 0.15) is 37.5 Å². The Morgan fingerprint density at radius 3 is 2.61 bits per heavy atom. The van der Waals surface area contributed by atoms with Crippen LogP contribution in [-0.2, 0) is 11.3 Å². The van der Waals surface area contributed by atoms with E-state index in [1.807, 2.05) is 13.0 Å². The fourth-order valence-corrected chi connectivity index (χ4v) is 4.65. The van der Waals surface area contributed by atoms with E-state index < -0.39 is 0 Å². The number of amides is 1. The van der Waals surface area contributed by atoms with E-state index in [9.17, 15) is 4.79 Å². The normalized spacial score (nSPS) is 22.3. The number of nitrogens with zero attached hydrogens (tertiary/aromatic N) is 2. The fourth-order valence-electron chi connectivity index (χ4n) is 3.52. The van der Waals surface area contributed by atoms with E-state index in [-0.39, 0.29) is 11.9 Å². The molecule has 1 atom stereocenters. The standard InChI is InChI=1S/C17H26ClN3OS/c1-13(17(22)19-14-4-2-3-5-14)21-10-8-20(9-11-21)12-15-6-7-16(18)23-15/h6-7,13-14H,2-5,8-12H2,1H3,(H,19,22). The zero-order valence-corrected chi connectivity index (χ0v) is 15.3. The molecule has 1 saturated carbocycles. The van der Waals surface area contributed by atoms with E-state index in [0.29, 0.717) is 6.04 Å². The van der Waals surface area contributed by atoms with E-state index in [0.717, 1.165) is 49.9 Å². The Labute approximate surface area is 147 Å². The molecule has 4 nitrogen and oxygen atoms in total. The second-order valence-electron chi connectivity index (χ2n) is 6.68. The average Bonchev–Trinajstić information content (AvgIpc) is 3.19. The first-order valence-electron chi connectivity index (χ1n) is 8.63. The van der Waals surface area contributed by atoms with Gasteiger partial charge in [0.2, 0.25) is 5.91 Å². The topological polar surface area (TPSA) is 35.6 Å². The van der Waals surface area contributed by atoms with Gasteiger partial charge in [-0.15, -0.1) is 11.3 Å². The van der Waals surface area contributed by atoms with Gasteiger partial charge in [-0.1, -0.05) is 24.4 Å². The van der Waals surface area contributed by atoms with E-state index in [4.69, 9.17) is 11.6 Å². The predicted molar refractivity (Wildman–Crippen MR) is 96.0 cm³/mol. The maximum absolute atomic E-state index is 12.4. The summed E-state index contributed by atoms with van der Waals surface area (Å²) in [6.45, 7) is 6.94. The van der Waals surface area contributed by atoms with Crippen molar-refractivity contribution >= 4 is 28.8 Å². The molecule has 6 heteroatoms. The van der Waals surface area contributed by atoms with Crippen LogP contribution in [0.25, 0.3) is 0 Å². The number of hydrogen-bond acceptors (Lipinski definition) is 4. The highest BCUT2D eigenvalue weighted by Gasteiger charge is 2.27. The maximum Gasteiger partial charge on any atom is 0.237 e. The summed E-state index contributed by atoms with van der Waals surface area (Å²) in [7, 11) is 0. The molecule has 1 unspecified atom stereocenters. The van der Waals surface area contributed by atoms with Gasteiger partial charge in [-0.2, -0.15) is 0 Å². The smallest absolute Gasteiger partial charge is 0.237 e. The number of nitrogens with one attached hydrogen (secondary N) is 1. The molecular weight excluding hydrogens is 330 g/mol. The summed E-state index contributed by atoms with van der Waals surface area (Å²) in [6, 6.07) is 4.47. The van der Waals surface area contributed by atoms with Crippen LogP contribution in [0, 0.1) is 0 Å². The Hall–Kier alpha value is -0.620. The van der Waals surface area contributed by atoms with Gasteiger partial charge >= 0.3 is 0 Å². The lowest BCUT2D eigenvalue weighted by Crippen LogP contribution is -2.54. The predicted octanol–water partition coefficient (Wildman–Crippen LogP) is 2.97. The minimum absolute atomic E-state index is 0.0195. The number of rotatable bonds is 5. The van der Waals surface area contributed by atoms with Crippen LogP contribution in [0.4, 0.5) is 0 Å². The molecule has 1 saturated heterocycles. The first-order chi connectivity index (χ1) is 11.1. The van der Waals surface area contributed by atoms with E-state index in [1.54, 1.807) is 11.3 Å². The third-order valence-electron chi connectivity index (χ3n) is 5.04. The largest absolute Gasteiger partial charge is 0.352 e. The molecule has 2 fully saturated rings. The summed E-state index contributed by atoms with van der Waals surface area (Å²) in [4.78, 5) is 18.5. The third-order valence-corrected chi connectivity index (χ3v) is 6.26. The van der Waals surface area contributed by atoms with Crippen LogP contribution in [0.2, 0.25) is 4.34 Å². The van der Waals surface area contributed by atoms with Crippen molar-refractivity contribution < 1.29 is 4.79 Å². The molecule has 0 bridgehead atoms. The molecule has 23 heavy (non-hydrogen) atoms. The van der Waals surface area contributed by atoms with Gasteiger partial charge in [-0.25, -0.2) is 0 Å². The minimum Gasteiger partial charge on any atom is -0.352 e. The van der Waals surface area contributed by atoms with Gasteiger partial charge in [0, 0.05) is 43.6 Å². The van der Waals surface area contributed by atoms with Crippen LogP contribution in [0.15, 0.2) is 12.1 Å². The first-order valence-corrected chi connectivity index (χ1v) is 9.82. The molecule has 0 radical (unpaired) electrons. The molecule has 1 amide bonds. The Morgan fingerprint density at radius 1 is 1.30 bits per heavy atom. The summed E-state index contributed by atoms with van der Waals surface area (Å²) in [6.07, 6.45) is 4.81. The molecule has 128 valence electrons. The third kappa shape index (κ3) is 4.69. The lowest BCUT2D eigenvalue weighted by Gasteiger charge is -2.37. The van der Waals surface area contributed by atoms with Crippen molar-refractivity contribution in [2.24, 2.45) is 0 Å². The van der Waals surface area contributed by atoms with Crippen LogP contribution in [-0.4, -0.2) is 54.0 Å². The molecule has 1 aliphatic carbocycles. The van der Waals surface area contributed by atoms with Gasteiger partial charge < -0.3 is 5.32 Å². The zero-order valence-electron chi connectivity index (χ0n) is 13.8. The van der Waals surface area contributed by atoms with Crippen molar-refractivity contribution in [2.75, 3.05) is 26.2 Å². The highest BCUT2D eigenvalue weighted by molar-refractivity contribution is 7.16. The van der Waals surface area contributed by atoms with Crippen molar-refractivity contribution in [3.63, 3.8) is 0 Å². The molecule has 2 heterocycles. The molecule has 0 spiro atoms. The molecular formula is C17H26ClN3OS. The van der Waals surface area contributed by atoms with Gasteiger partial charge in [0.05, 0.1) is 10.4 Å². The first kappa shape index (κ1) is 17.2. The molecule has 2 aliphatic rings. The van der Waals surface area contributed by atoms with Crippen LogP contribution >= 0.6 is 22.9 Å². The van der Waals surface area contributed by atoms with Gasteiger partial charge in [-0.05, 0) is 31.9 Å². The SMILES string of the molecule is CC(C(=O)NC1CCCC1)N1CCN(Cc2ccc(Cl)s2)CC1. The zero-order chi connectivity index (χ0) is 16.2. The Bertz CT molecular complexity index is 522. The number of thiophene rings is 1. The van der Waals surface area contributed by atoms with Gasteiger partial charge in [0.15, 0.2) is 0 Å². The van der Waals surface area contributed by atoms with E-state index >= 15 is 0 Å². The monoisotopic (exact) mass is 355 g/mol. The Morgan fingerprint density at radius 2 is 2.00 bits per heavy atom. The maximum atomic E-state index is 12.4. The summed E-state index contributed by atoms with van der Waals surface area (Å²) >= 11 is 7.65. The molecule has 0 aromatic carbocycles. The molecule has 1 aromatic heterocycles. The lowest BCUT2D eigenvalue weighted by atomic mass is 10.2. The number of halogens is 1. The van der Waals surface area contributed by atoms with Gasteiger partial charge in [0.1, 0.15) is 0 Å². The summed E-state index contributed by atoms with van der Waals surface area (Å²) in [5, 5.41) is 3.22. The van der Waals surface area contributed by atoms with Crippen molar-refractivity contribution in [1.29, 1.82) is 0 Å². The van der Waals surface area contributed by atoms with Crippen molar-refractivity contribution in [3.8, 4) is 0 Å². The lowest BCUT2D eigenvalue weighted by molar-refractivity contribution is -0.127. The summed E-state index contributed by atoms with van der Waals surface area (Å²) in [5.41, 5.74) is 0. The minimum atomic E-state index is -0.0195. The molecule has 1 aliphatic heterocycles. The number of carbonyl (C=O) groups excluding carboxylic acids is 1. The Kier molecular flexibility index (Phi) is 5.96. The van der Waals surface area contributed by atoms with E-state index in [1.165, 1.54) is 17.7 Å². The van der Waals surface area contributed by atoms with Gasteiger partial charge in [-0.3, -0.25) is 14.6 Å². The van der Waals surface area contributed by atoms with Crippen molar-refractivity contribution in [3.05, 3.63) is 21.3 Å². The van der Waals surface area contributed by atoms with Crippen molar-refractivity contribution in [2.45, 2.75) is 51.2 Å². The molecule has 1 N–H and O–H groups in total. The molecule has 1 aromatic rings. The number of hydrogen-bond donors (Lipinski definition) is 1. The van der Waals surface area contributed by atoms with Crippen molar-refractivity contribution in [1.82, 2.24) is 15.1 Å². The second kappa shape index (κ2) is 7.97. The van der Waals surface area contributed by atoms with Gasteiger partial charge in [0.25, 0.3) is 0 Å². The van der Waals surface area contributed by atoms with E-state index in [2.05, 4.69) is 21.2 Å². The molecule has 3 rings (SSSR count). The quantitative estimate of drug-likeness (QED) is 0.882. The van der Waals surface area contributed by atoms with Crippen LogP contribution in [0.3, 0.4) is 0 Å². The average molecular weight is 356 g/mol. The Balaban J connectivity index is 1.43. The highest BCUT2D eigenvalue weighted by Crippen LogP contribution is 2.23. The second-order valence-corrected chi connectivity index (χ2v) is 8.48. The fraction of sp³-hybridized carbons (Fsp3) is 0.706. The number of piperazine rings is 1. The highest BCUT2D eigenvalue weighted by atomic mass is 35.5. The number of carbonyl (C=O) groups is 1. The summed E-state index contributed by atoms with van der Waals surface area (Å²) in [5.74, 6) is 0.204. The van der Waals surface area contributed by atoms with Crippen LogP contribution < -0.4 is 5.32 Å². The summed E-state index contributed by atoms with van der Waals surface area (Å²) < 4.78 is 0.857.